The zero-order valence-corrected chi connectivity index (χ0v) is 25.0. The number of carbonyl (C=O) groups is 1. The van der Waals surface area contributed by atoms with Gasteiger partial charge in [-0.3, -0.25) is 4.90 Å². The Hall–Kier alpha value is -2.13. The predicted molar refractivity (Wildman–Crippen MR) is 159 cm³/mol. The predicted octanol–water partition coefficient (Wildman–Crippen LogP) is 6.84. The van der Waals surface area contributed by atoms with Crippen molar-refractivity contribution < 1.29 is 23.7 Å². The summed E-state index contributed by atoms with van der Waals surface area (Å²) in [5.74, 6) is 1.27. The first-order valence-corrected chi connectivity index (χ1v) is 15.8. The van der Waals surface area contributed by atoms with Gasteiger partial charge >= 0.3 is 6.09 Å². The van der Waals surface area contributed by atoms with E-state index in [0.717, 1.165) is 92.7 Å². The number of rotatable bonds is 14. The largest absolute Gasteiger partial charge is 0.494 e. The Bertz CT molecular complexity index is 1060. The van der Waals surface area contributed by atoms with Crippen molar-refractivity contribution in [2.75, 3.05) is 39.5 Å². The number of alkyl carbamates (subject to hydrolysis) is 1. The highest BCUT2D eigenvalue weighted by Crippen LogP contribution is 2.32. The Morgan fingerprint density at radius 1 is 0.950 bits per heavy atom. The summed E-state index contributed by atoms with van der Waals surface area (Å²) in [6, 6.07) is 15.8. The molecule has 40 heavy (non-hydrogen) atoms. The van der Waals surface area contributed by atoms with Crippen LogP contribution in [-0.4, -0.2) is 62.8 Å². The van der Waals surface area contributed by atoms with E-state index >= 15 is 0 Å². The summed E-state index contributed by atoms with van der Waals surface area (Å²) in [6.45, 7) is 5.22. The molecule has 0 aromatic heterocycles. The maximum absolute atomic E-state index is 13.1. The average Bonchev–Trinajstić information content (AvgIpc) is 3.49. The van der Waals surface area contributed by atoms with Gasteiger partial charge < -0.3 is 24.3 Å². The molecule has 6 rings (SSSR count). The second-order valence-electron chi connectivity index (χ2n) is 11.2. The van der Waals surface area contributed by atoms with Gasteiger partial charge in [-0.25, -0.2) is 4.79 Å². The smallest absolute Gasteiger partial charge is 0.408 e. The molecule has 218 valence electrons. The fourth-order valence-electron chi connectivity index (χ4n) is 6.06. The van der Waals surface area contributed by atoms with E-state index in [9.17, 15) is 4.79 Å². The Morgan fingerprint density at radius 2 is 1.68 bits per heavy atom. The Kier molecular flexibility index (Phi) is 11.2. The van der Waals surface area contributed by atoms with Crippen LogP contribution < -0.4 is 10.1 Å². The fraction of sp³-hybridized carbons (Fsp3) is 0.594. The van der Waals surface area contributed by atoms with Crippen molar-refractivity contribution in [1.82, 2.24) is 10.2 Å². The molecule has 0 spiro atoms. The second kappa shape index (κ2) is 15.2. The van der Waals surface area contributed by atoms with E-state index in [0.29, 0.717) is 12.5 Å². The van der Waals surface area contributed by atoms with Crippen LogP contribution in [0, 0.1) is 5.92 Å². The van der Waals surface area contributed by atoms with Crippen LogP contribution in [-0.2, 0) is 14.2 Å². The minimum absolute atomic E-state index is 0.0241. The number of halogens is 1. The van der Waals surface area contributed by atoms with Crippen LogP contribution in [0.5, 0.6) is 5.75 Å². The molecule has 1 amide bonds. The number of fused-ring (bicyclic) bond motifs is 3. The van der Waals surface area contributed by atoms with Crippen LogP contribution in [0.4, 0.5) is 4.79 Å². The van der Waals surface area contributed by atoms with Crippen LogP contribution >= 0.6 is 15.9 Å². The minimum atomic E-state index is -0.363. The lowest BCUT2D eigenvalue weighted by atomic mass is 9.86. The molecule has 4 saturated heterocycles. The Balaban J connectivity index is 1.11. The Labute approximate surface area is 247 Å². The van der Waals surface area contributed by atoms with Crippen molar-refractivity contribution in [3.63, 3.8) is 0 Å². The van der Waals surface area contributed by atoms with Crippen LogP contribution in [0.25, 0.3) is 0 Å². The van der Waals surface area contributed by atoms with Crippen LogP contribution in [0.1, 0.15) is 75.0 Å². The molecule has 8 heteroatoms. The highest BCUT2D eigenvalue weighted by atomic mass is 79.9. The first-order valence-electron chi connectivity index (χ1n) is 15.0. The van der Waals surface area contributed by atoms with Crippen molar-refractivity contribution in [2.24, 2.45) is 5.92 Å². The van der Waals surface area contributed by atoms with Crippen molar-refractivity contribution >= 4 is 22.0 Å². The number of benzene rings is 2. The first-order chi connectivity index (χ1) is 19.6. The van der Waals surface area contributed by atoms with Gasteiger partial charge in [-0.2, -0.15) is 0 Å². The summed E-state index contributed by atoms with van der Waals surface area (Å²) in [6.07, 6.45) is 9.83. The second-order valence-corrected chi connectivity index (χ2v) is 12.1. The molecule has 2 aromatic carbocycles. The van der Waals surface area contributed by atoms with Gasteiger partial charge in [0.25, 0.3) is 0 Å². The van der Waals surface area contributed by atoms with Gasteiger partial charge in [0, 0.05) is 11.0 Å². The highest BCUT2D eigenvalue weighted by Gasteiger charge is 2.37. The van der Waals surface area contributed by atoms with E-state index in [1.807, 2.05) is 48.5 Å². The number of ether oxygens (including phenoxy) is 4. The van der Waals surface area contributed by atoms with Gasteiger partial charge in [0.1, 0.15) is 11.9 Å². The van der Waals surface area contributed by atoms with E-state index in [1.54, 1.807) is 0 Å². The molecule has 2 aromatic rings. The molecule has 0 saturated carbocycles. The highest BCUT2D eigenvalue weighted by molar-refractivity contribution is 9.10. The maximum atomic E-state index is 13.1. The van der Waals surface area contributed by atoms with Crippen molar-refractivity contribution in [2.45, 2.75) is 76.2 Å². The number of hydrogen-bond acceptors (Lipinski definition) is 6. The van der Waals surface area contributed by atoms with Crippen molar-refractivity contribution in [3.8, 4) is 5.75 Å². The minimum Gasteiger partial charge on any atom is -0.494 e. The number of amides is 1. The molecule has 1 N–H and O–H groups in total. The van der Waals surface area contributed by atoms with Gasteiger partial charge in [0.15, 0.2) is 6.29 Å². The van der Waals surface area contributed by atoms with Gasteiger partial charge in [-0.05, 0) is 80.4 Å². The Morgan fingerprint density at radius 3 is 2.40 bits per heavy atom. The monoisotopic (exact) mass is 614 g/mol. The van der Waals surface area contributed by atoms with E-state index in [2.05, 4.69) is 26.1 Å². The van der Waals surface area contributed by atoms with E-state index < -0.39 is 0 Å². The van der Waals surface area contributed by atoms with Gasteiger partial charge in [-0.15, -0.1) is 0 Å². The number of carbonyl (C=O) groups excluding carboxylic acids is 1. The molecule has 4 aliphatic rings. The first kappa shape index (κ1) is 29.4. The van der Waals surface area contributed by atoms with Crippen LogP contribution in [0.2, 0.25) is 0 Å². The summed E-state index contributed by atoms with van der Waals surface area (Å²) in [5, 5.41) is 3.16. The van der Waals surface area contributed by atoms with E-state index in [-0.39, 0.29) is 24.5 Å². The molecule has 4 fully saturated rings. The van der Waals surface area contributed by atoms with Gasteiger partial charge in [-0.1, -0.05) is 71.9 Å². The summed E-state index contributed by atoms with van der Waals surface area (Å²) >= 11 is 3.66. The molecule has 4 heterocycles. The van der Waals surface area contributed by atoms with E-state index in [4.69, 9.17) is 18.9 Å². The summed E-state index contributed by atoms with van der Waals surface area (Å²) in [7, 11) is 0. The fourth-order valence-corrected chi connectivity index (χ4v) is 6.55. The lowest BCUT2D eigenvalue weighted by molar-refractivity contribution is -0.0480. The lowest BCUT2D eigenvalue weighted by Crippen LogP contribution is -2.52. The third-order valence-electron chi connectivity index (χ3n) is 8.27. The molecule has 2 atom stereocenters. The summed E-state index contributed by atoms with van der Waals surface area (Å²) in [4.78, 5) is 15.5. The quantitative estimate of drug-likeness (QED) is 0.235. The average molecular weight is 616 g/mol. The molecule has 4 aliphatic heterocycles. The van der Waals surface area contributed by atoms with Gasteiger partial charge in [0.2, 0.25) is 0 Å². The number of hydrogen-bond donors (Lipinski definition) is 1. The molecule has 0 radical (unpaired) electrons. The summed E-state index contributed by atoms with van der Waals surface area (Å²) < 4.78 is 24.0. The van der Waals surface area contributed by atoms with Crippen LogP contribution in [0.15, 0.2) is 53.0 Å². The lowest BCUT2D eigenvalue weighted by Gasteiger charge is -2.43. The van der Waals surface area contributed by atoms with Crippen molar-refractivity contribution in [3.05, 3.63) is 64.1 Å². The zero-order chi connectivity index (χ0) is 27.6. The third kappa shape index (κ3) is 8.68. The normalized spacial score (nSPS) is 23.2. The number of piperidine rings is 3. The molecular formula is C32H43BrN2O5. The molecule has 1 unspecified atom stereocenters. The number of nitrogens with zero attached hydrogens (tertiary/aromatic N) is 1. The summed E-state index contributed by atoms with van der Waals surface area (Å²) in [5.41, 5.74) is 1.96. The standard InChI is InChI=1S/C32H43BrN2O5/c33-27-20-26(21-28(22-27)37-17-9-4-2-1-3-8-12-30-38-18-19-39-30)31(25-10-6-5-7-11-25)34-32(36)40-29-23-35-15-13-24(29)14-16-35/h5-7,10-11,20-22,24,29-31H,1-4,8-9,12-19,23H2,(H,34,36)/t29-,31?/m0/s1. The third-order valence-corrected chi connectivity index (χ3v) is 8.73. The SMILES string of the molecule is O=C(NC(c1ccccc1)c1cc(Br)cc(OCCCCCCCCC2OCCO2)c1)O[C@H]1CN2CCC1CC2. The molecule has 7 nitrogen and oxygen atoms in total. The topological polar surface area (TPSA) is 69.3 Å². The van der Waals surface area contributed by atoms with Crippen molar-refractivity contribution in [1.29, 1.82) is 0 Å². The number of unbranched alkanes of at least 4 members (excludes halogenated alkanes) is 5. The number of nitrogens with one attached hydrogen (secondary N) is 1. The zero-order valence-electron chi connectivity index (χ0n) is 23.4. The van der Waals surface area contributed by atoms with Gasteiger partial charge in [0.05, 0.1) is 25.9 Å². The van der Waals surface area contributed by atoms with Crippen LogP contribution in [0.3, 0.4) is 0 Å². The molecule has 0 aliphatic carbocycles. The molecular weight excluding hydrogens is 572 g/mol. The molecule has 2 bridgehead atoms. The maximum Gasteiger partial charge on any atom is 0.408 e. The van der Waals surface area contributed by atoms with E-state index in [1.165, 1.54) is 19.3 Å².